The molecule has 5 nitrogen and oxygen atoms in total. The van der Waals surface area contributed by atoms with Crippen molar-refractivity contribution in [3.05, 3.63) is 41.2 Å². The zero-order valence-electron chi connectivity index (χ0n) is 10.2. The highest BCUT2D eigenvalue weighted by Crippen LogP contribution is 2.33. The monoisotopic (exact) mass is 276 g/mol. The van der Waals surface area contributed by atoms with Crippen LogP contribution in [0.15, 0.2) is 30.5 Å². The van der Waals surface area contributed by atoms with Gasteiger partial charge in [-0.25, -0.2) is 4.68 Å². The second-order valence-corrected chi connectivity index (χ2v) is 5.40. The highest BCUT2D eigenvalue weighted by molar-refractivity contribution is 6.30. The Hall–Kier alpha value is -1.59. The maximum absolute atomic E-state index is 5.93. The molecule has 1 saturated heterocycles. The molecule has 0 aliphatic carbocycles. The molecule has 1 aromatic heterocycles. The highest BCUT2D eigenvalue weighted by Gasteiger charge is 2.39. The van der Waals surface area contributed by atoms with Crippen LogP contribution in [0.5, 0.6) is 0 Å². The summed E-state index contributed by atoms with van der Waals surface area (Å²) >= 11 is 5.93. The van der Waals surface area contributed by atoms with Gasteiger partial charge >= 0.3 is 0 Å². The lowest BCUT2D eigenvalue weighted by molar-refractivity contribution is -0.00253. The Balaban J connectivity index is 1.62. The Morgan fingerprint density at radius 1 is 1.21 bits per heavy atom. The summed E-state index contributed by atoms with van der Waals surface area (Å²) in [5.41, 5.74) is 2.23. The van der Waals surface area contributed by atoms with Gasteiger partial charge in [0.2, 0.25) is 0 Å². The Kier molecular flexibility index (Phi) is 2.50. The molecule has 19 heavy (non-hydrogen) atoms. The van der Waals surface area contributed by atoms with Crippen LogP contribution in [0.4, 0.5) is 5.69 Å². The lowest BCUT2D eigenvalue weighted by Gasteiger charge is -2.25. The van der Waals surface area contributed by atoms with Crippen LogP contribution >= 0.6 is 11.6 Å². The zero-order chi connectivity index (χ0) is 12.8. The molecule has 3 heterocycles. The molecule has 2 atom stereocenters. The van der Waals surface area contributed by atoms with Crippen molar-refractivity contribution in [1.82, 2.24) is 15.0 Å². The van der Waals surface area contributed by atoms with Gasteiger partial charge in [-0.05, 0) is 24.3 Å². The van der Waals surface area contributed by atoms with E-state index in [4.69, 9.17) is 16.3 Å². The minimum Gasteiger partial charge on any atom is -0.368 e. The number of hydrogen-bond acceptors (Lipinski definition) is 4. The molecule has 1 fully saturated rings. The SMILES string of the molecule is Clc1ccc(N2C[C@@H]3[C@@H](C2)OCc2cnnn23)cc1. The summed E-state index contributed by atoms with van der Waals surface area (Å²) in [5, 5.41) is 8.91. The van der Waals surface area contributed by atoms with Gasteiger partial charge in [0, 0.05) is 23.8 Å². The predicted molar refractivity (Wildman–Crippen MR) is 71.3 cm³/mol. The summed E-state index contributed by atoms with van der Waals surface area (Å²) in [5.74, 6) is 0. The normalized spacial score (nSPS) is 25.2. The molecule has 2 aliphatic rings. The van der Waals surface area contributed by atoms with E-state index in [1.165, 1.54) is 5.69 Å². The average molecular weight is 277 g/mol. The largest absolute Gasteiger partial charge is 0.368 e. The van der Waals surface area contributed by atoms with Crippen LogP contribution in [0.3, 0.4) is 0 Å². The minimum atomic E-state index is 0.185. The van der Waals surface area contributed by atoms with Crippen LogP contribution in [-0.2, 0) is 11.3 Å². The fourth-order valence-corrected chi connectivity index (χ4v) is 2.98. The molecule has 0 unspecified atom stereocenters. The molecule has 0 spiro atoms. The molecule has 0 N–H and O–H groups in total. The first-order chi connectivity index (χ1) is 9.31. The van der Waals surface area contributed by atoms with Gasteiger partial charge < -0.3 is 9.64 Å². The quantitative estimate of drug-likeness (QED) is 0.798. The van der Waals surface area contributed by atoms with E-state index in [-0.39, 0.29) is 12.1 Å². The van der Waals surface area contributed by atoms with Crippen molar-refractivity contribution in [1.29, 1.82) is 0 Å². The van der Waals surface area contributed by atoms with Crippen LogP contribution in [0.25, 0.3) is 0 Å². The predicted octanol–water partition coefficient (Wildman–Crippen LogP) is 1.89. The van der Waals surface area contributed by atoms with Crippen molar-refractivity contribution in [2.45, 2.75) is 18.8 Å². The maximum atomic E-state index is 5.93. The summed E-state index contributed by atoms with van der Waals surface area (Å²) in [6.07, 6.45) is 1.96. The number of nitrogens with zero attached hydrogens (tertiary/aromatic N) is 4. The van der Waals surface area contributed by atoms with E-state index in [0.29, 0.717) is 6.61 Å². The Labute approximate surface area is 115 Å². The van der Waals surface area contributed by atoms with Crippen molar-refractivity contribution in [3.63, 3.8) is 0 Å². The van der Waals surface area contributed by atoms with E-state index >= 15 is 0 Å². The summed E-state index contributed by atoms with van der Waals surface area (Å²) < 4.78 is 7.90. The summed E-state index contributed by atoms with van der Waals surface area (Å²) in [7, 11) is 0. The first-order valence-electron chi connectivity index (χ1n) is 6.32. The smallest absolute Gasteiger partial charge is 0.0996 e. The van der Waals surface area contributed by atoms with Gasteiger partial charge in [-0.3, -0.25) is 0 Å². The molecular formula is C13H13ClN4O. The summed E-state index contributed by atoms with van der Waals surface area (Å²) in [4.78, 5) is 2.31. The van der Waals surface area contributed by atoms with Gasteiger partial charge in [-0.1, -0.05) is 16.8 Å². The minimum absolute atomic E-state index is 0.185. The lowest BCUT2D eigenvalue weighted by Crippen LogP contribution is -2.32. The first-order valence-corrected chi connectivity index (χ1v) is 6.70. The van der Waals surface area contributed by atoms with E-state index in [1.54, 1.807) is 6.20 Å². The Morgan fingerprint density at radius 2 is 2.05 bits per heavy atom. The molecule has 0 amide bonds. The fraction of sp³-hybridized carbons (Fsp3) is 0.385. The Morgan fingerprint density at radius 3 is 2.89 bits per heavy atom. The van der Waals surface area contributed by atoms with Crippen LogP contribution in [0.1, 0.15) is 11.7 Å². The maximum Gasteiger partial charge on any atom is 0.0996 e. The molecule has 98 valence electrons. The molecule has 0 bridgehead atoms. The third-order valence-corrected chi connectivity index (χ3v) is 4.09. The van der Waals surface area contributed by atoms with E-state index in [0.717, 1.165) is 23.8 Å². The standard InChI is InChI=1S/C13H13ClN4O/c14-9-1-3-10(4-2-9)17-6-12-13(7-17)19-8-11-5-15-16-18(11)12/h1-5,12-13H,6-8H2/t12-,13-/m1/s1. The van der Waals surface area contributed by atoms with Crippen LogP contribution in [-0.4, -0.2) is 34.2 Å². The molecule has 2 aliphatic heterocycles. The molecular weight excluding hydrogens is 264 g/mol. The van der Waals surface area contributed by atoms with Crippen molar-refractivity contribution in [2.75, 3.05) is 18.0 Å². The van der Waals surface area contributed by atoms with E-state index < -0.39 is 0 Å². The van der Waals surface area contributed by atoms with Gasteiger partial charge in [0.1, 0.15) is 0 Å². The number of halogens is 1. The van der Waals surface area contributed by atoms with Crippen LogP contribution in [0, 0.1) is 0 Å². The molecule has 1 aromatic carbocycles. The van der Waals surface area contributed by atoms with Crippen LogP contribution < -0.4 is 4.90 Å². The third-order valence-electron chi connectivity index (χ3n) is 3.84. The average Bonchev–Trinajstić information content (AvgIpc) is 3.04. The van der Waals surface area contributed by atoms with E-state index in [9.17, 15) is 0 Å². The van der Waals surface area contributed by atoms with E-state index in [2.05, 4.69) is 15.2 Å². The van der Waals surface area contributed by atoms with Gasteiger partial charge in [-0.15, -0.1) is 5.10 Å². The molecule has 0 radical (unpaired) electrons. The van der Waals surface area contributed by atoms with Crippen molar-refractivity contribution in [2.24, 2.45) is 0 Å². The number of hydrogen-bond donors (Lipinski definition) is 0. The molecule has 2 aromatic rings. The molecule has 6 heteroatoms. The molecule has 0 saturated carbocycles. The topological polar surface area (TPSA) is 43.2 Å². The van der Waals surface area contributed by atoms with Crippen molar-refractivity contribution >= 4 is 17.3 Å². The summed E-state index contributed by atoms with van der Waals surface area (Å²) in [6, 6.07) is 8.17. The zero-order valence-corrected chi connectivity index (χ0v) is 11.0. The van der Waals surface area contributed by atoms with Gasteiger partial charge in [0.25, 0.3) is 0 Å². The number of rotatable bonds is 1. The number of fused-ring (bicyclic) bond motifs is 3. The van der Waals surface area contributed by atoms with Gasteiger partial charge in [-0.2, -0.15) is 0 Å². The van der Waals surface area contributed by atoms with Crippen molar-refractivity contribution < 1.29 is 4.74 Å². The number of anilines is 1. The second kappa shape index (κ2) is 4.21. The number of aromatic nitrogens is 3. The number of ether oxygens (including phenoxy) is 1. The van der Waals surface area contributed by atoms with E-state index in [1.807, 2.05) is 28.9 Å². The first kappa shape index (κ1) is 11.3. The highest BCUT2D eigenvalue weighted by atomic mass is 35.5. The fourth-order valence-electron chi connectivity index (χ4n) is 2.86. The Bertz CT molecular complexity index is 597. The third kappa shape index (κ3) is 1.81. The van der Waals surface area contributed by atoms with Gasteiger partial charge in [0.05, 0.1) is 30.6 Å². The number of benzene rings is 1. The summed E-state index contributed by atoms with van der Waals surface area (Å²) in [6.45, 7) is 2.37. The van der Waals surface area contributed by atoms with Crippen molar-refractivity contribution in [3.8, 4) is 0 Å². The lowest BCUT2D eigenvalue weighted by atomic mass is 10.2. The second-order valence-electron chi connectivity index (χ2n) is 4.97. The molecule has 4 rings (SSSR count). The van der Waals surface area contributed by atoms with Crippen LogP contribution in [0.2, 0.25) is 5.02 Å². The van der Waals surface area contributed by atoms with Gasteiger partial charge in [0.15, 0.2) is 0 Å².